The van der Waals surface area contributed by atoms with Crippen molar-refractivity contribution in [2.75, 3.05) is 0 Å². The normalized spacial score (nSPS) is 14.1. The number of nitrogens with zero attached hydrogens (tertiary/aromatic N) is 2. The molecule has 0 aliphatic heterocycles. The lowest BCUT2D eigenvalue weighted by Crippen LogP contribution is -2.14. The van der Waals surface area contributed by atoms with Crippen molar-refractivity contribution in [2.24, 2.45) is 14.1 Å². The first-order valence-corrected chi connectivity index (χ1v) is 13.5. The largest absolute Gasteiger partial charge is 0.344 e. The lowest BCUT2D eigenvalue weighted by atomic mass is 9.82. The summed E-state index contributed by atoms with van der Waals surface area (Å²) < 4.78 is 4.71. The average Bonchev–Trinajstić information content (AvgIpc) is 3.48. The van der Waals surface area contributed by atoms with Gasteiger partial charge in [-0.25, -0.2) is 0 Å². The van der Waals surface area contributed by atoms with Crippen LogP contribution < -0.4 is 0 Å². The van der Waals surface area contributed by atoms with E-state index in [2.05, 4.69) is 134 Å². The molecule has 2 heteroatoms. The fourth-order valence-corrected chi connectivity index (χ4v) is 7.22. The maximum absolute atomic E-state index is 2.42. The zero-order valence-corrected chi connectivity index (χ0v) is 22.3. The van der Waals surface area contributed by atoms with E-state index in [0.29, 0.717) is 0 Å². The molecule has 0 fully saturated rings. The zero-order valence-electron chi connectivity index (χ0n) is 22.3. The van der Waals surface area contributed by atoms with Crippen LogP contribution in [-0.2, 0) is 25.9 Å². The van der Waals surface area contributed by atoms with E-state index < -0.39 is 0 Å². The van der Waals surface area contributed by atoms with Gasteiger partial charge in [0.25, 0.3) is 0 Å². The first-order valence-electron chi connectivity index (χ1n) is 13.5. The molecule has 38 heavy (non-hydrogen) atoms. The Morgan fingerprint density at radius 2 is 1.18 bits per heavy atom. The van der Waals surface area contributed by atoms with Gasteiger partial charge in [0.1, 0.15) is 0 Å². The predicted molar refractivity (Wildman–Crippen MR) is 161 cm³/mol. The first-order chi connectivity index (χ1) is 18.4. The monoisotopic (exact) mass is 490 g/mol. The SMILES string of the molecule is Cn1c2ccccc2c2cc(Cc3ccc4c(c3)c3ccc5c(c3n4C)-c3ccccc3C5(C)C)ccc21. The fourth-order valence-electron chi connectivity index (χ4n) is 7.22. The third-order valence-corrected chi connectivity index (χ3v) is 9.16. The van der Waals surface area contributed by atoms with E-state index in [1.165, 1.54) is 77.0 Å². The second-order valence-corrected chi connectivity index (χ2v) is 11.6. The molecule has 0 atom stereocenters. The van der Waals surface area contributed by atoms with Gasteiger partial charge < -0.3 is 9.13 Å². The highest BCUT2D eigenvalue weighted by Crippen LogP contribution is 2.52. The Balaban J connectivity index is 1.29. The summed E-state index contributed by atoms with van der Waals surface area (Å²) >= 11 is 0. The molecule has 0 saturated carbocycles. The molecule has 0 radical (unpaired) electrons. The minimum absolute atomic E-state index is 0.0159. The first kappa shape index (κ1) is 21.8. The van der Waals surface area contributed by atoms with Crippen LogP contribution >= 0.6 is 0 Å². The summed E-state index contributed by atoms with van der Waals surface area (Å²) in [5, 5.41) is 5.36. The lowest BCUT2D eigenvalue weighted by molar-refractivity contribution is 0.660. The Kier molecular flexibility index (Phi) is 4.23. The van der Waals surface area contributed by atoms with Gasteiger partial charge in [0.05, 0.1) is 5.52 Å². The van der Waals surface area contributed by atoms with Crippen molar-refractivity contribution in [3.8, 4) is 11.1 Å². The quantitative estimate of drug-likeness (QED) is 0.229. The van der Waals surface area contributed by atoms with Crippen molar-refractivity contribution < 1.29 is 0 Å². The van der Waals surface area contributed by atoms with Gasteiger partial charge in [-0.3, -0.25) is 0 Å². The van der Waals surface area contributed by atoms with E-state index in [1.54, 1.807) is 0 Å². The molecule has 0 saturated heterocycles. The van der Waals surface area contributed by atoms with Crippen LogP contribution in [-0.4, -0.2) is 9.13 Å². The van der Waals surface area contributed by atoms with Crippen LogP contribution in [0, 0.1) is 0 Å². The van der Waals surface area contributed by atoms with Crippen molar-refractivity contribution in [1.29, 1.82) is 0 Å². The van der Waals surface area contributed by atoms with Gasteiger partial charge in [-0.2, -0.15) is 0 Å². The summed E-state index contributed by atoms with van der Waals surface area (Å²) in [6.07, 6.45) is 0.923. The van der Waals surface area contributed by atoms with E-state index in [1.807, 2.05) is 0 Å². The van der Waals surface area contributed by atoms with Gasteiger partial charge in [-0.1, -0.05) is 80.6 Å². The Hall–Kier alpha value is -4.30. The smallest absolute Gasteiger partial charge is 0.0571 e. The lowest BCUT2D eigenvalue weighted by Gasteiger charge is -2.21. The second-order valence-electron chi connectivity index (χ2n) is 11.6. The van der Waals surface area contributed by atoms with Gasteiger partial charge in [0.2, 0.25) is 0 Å². The Bertz CT molecular complexity index is 2100. The standard InChI is InChI=1S/C36H30N2/c1-36(2)29-11-7-5-10-26(29)34-30(36)16-15-25-28-21-23(14-18-33(28)38(4)35(25)34)19-22-13-17-32-27(20-22)24-9-6-8-12-31(24)37(32)3/h5-18,20-21H,19H2,1-4H3. The third-order valence-electron chi connectivity index (χ3n) is 9.16. The van der Waals surface area contributed by atoms with Crippen LogP contribution in [0.25, 0.3) is 54.7 Å². The molecular formula is C36H30N2. The fraction of sp³-hybridized carbons (Fsp3) is 0.167. The number of aromatic nitrogens is 2. The summed E-state index contributed by atoms with van der Waals surface area (Å²) in [5.74, 6) is 0. The van der Waals surface area contributed by atoms with Gasteiger partial charge in [-0.15, -0.1) is 0 Å². The van der Waals surface area contributed by atoms with E-state index in [9.17, 15) is 0 Å². The highest BCUT2D eigenvalue weighted by atomic mass is 14.9. The topological polar surface area (TPSA) is 9.86 Å². The molecule has 184 valence electrons. The molecule has 7 aromatic rings. The maximum Gasteiger partial charge on any atom is 0.0571 e. The summed E-state index contributed by atoms with van der Waals surface area (Å²) in [4.78, 5) is 0. The predicted octanol–water partition coefficient (Wildman–Crippen LogP) is 8.87. The molecule has 0 unspecified atom stereocenters. The van der Waals surface area contributed by atoms with Crippen molar-refractivity contribution in [3.05, 3.63) is 119 Å². The highest BCUT2D eigenvalue weighted by Gasteiger charge is 2.37. The van der Waals surface area contributed by atoms with Crippen LogP contribution in [0.2, 0.25) is 0 Å². The summed E-state index contributed by atoms with van der Waals surface area (Å²) in [7, 11) is 4.39. The van der Waals surface area contributed by atoms with Gasteiger partial charge in [0, 0.05) is 63.2 Å². The molecule has 2 nitrogen and oxygen atoms in total. The summed E-state index contributed by atoms with van der Waals surface area (Å²) in [6.45, 7) is 4.72. The van der Waals surface area contributed by atoms with Gasteiger partial charge in [0.15, 0.2) is 0 Å². The van der Waals surface area contributed by atoms with Crippen LogP contribution in [0.1, 0.15) is 36.1 Å². The number of para-hydroxylation sites is 1. The van der Waals surface area contributed by atoms with Gasteiger partial charge in [-0.05, 0) is 64.6 Å². The van der Waals surface area contributed by atoms with E-state index in [-0.39, 0.29) is 5.41 Å². The van der Waals surface area contributed by atoms with Crippen LogP contribution in [0.3, 0.4) is 0 Å². The van der Waals surface area contributed by atoms with Crippen LogP contribution in [0.15, 0.2) is 97.1 Å². The number of aryl methyl sites for hydroxylation is 2. The van der Waals surface area contributed by atoms with Crippen molar-refractivity contribution in [3.63, 3.8) is 0 Å². The van der Waals surface area contributed by atoms with E-state index >= 15 is 0 Å². The van der Waals surface area contributed by atoms with Crippen LogP contribution in [0.5, 0.6) is 0 Å². The van der Waals surface area contributed by atoms with Gasteiger partial charge >= 0.3 is 0 Å². The Morgan fingerprint density at radius 3 is 1.97 bits per heavy atom. The molecule has 0 bridgehead atoms. The number of benzene rings is 5. The molecule has 8 rings (SSSR count). The molecule has 1 aliphatic rings. The van der Waals surface area contributed by atoms with Crippen molar-refractivity contribution in [2.45, 2.75) is 25.7 Å². The maximum atomic E-state index is 2.42. The van der Waals surface area contributed by atoms with E-state index in [4.69, 9.17) is 0 Å². The molecule has 0 N–H and O–H groups in total. The molecule has 1 aliphatic carbocycles. The average molecular weight is 491 g/mol. The number of hydrogen-bond acceptors (Lipinski definition) is 0. The minimum atomic E-state index is 0.0159. The molecule has 0 amide bonds. The zero-order chi connectivity index (χ0) is 25.8. The van der Waals surface area contributed by atoms with Crippen molar-refractivity contribution in [1.82, 2.24) is 9.13 Å². The Labute approximate surface area is 222 Å². The minimum Gasteiger partial charge on any atom is -0.344 e. The van der Waals surface area contributed by atoms with Crippen LogP contribution in [0.4, 0.5) is 0 Å². The summed E-state index contributed by atoms with van der Waals surface area (Å²) in [5.41, 5.74) is 13.6. The number of fused-ring (bicyclic) bond motifs is 10. The summed E-state index contributed by atoms with van der Waals surface area (Å²) in [6, 6.07) is 36.4. The molecule has 5 aromatic carbocycles. The molecular weight excluding hydrogens is 460 g/mol. The Morgan fingerprint density at radius 1 is 0.553 bits per heavy atom. The number of hydrogen-bond donors (Lipinski definition) is 0. The molecule has 0 spiro atoms. The number of rotatable bonds is 2. The van der Waals surface area contributed by atoms with Crippen molar-refractivity contribution >= 4 is 43.6 Å². The molecule has 2 heterocycles. The molecule has 2 aromatic heterocycles. The third kappa shape index (κ3) is 2.73. The highest BCUT2D eigenvalue weighted by molar-refractivity contribution is 6.14. The second kappa shape index (κ2) is 7.39. The van der Waals surface area contributed by atoms with E-state index in [0.717, 1.165) is 6.42 Å².